The highest BCUT2D eigenvalue weighted by Crippen LogP contribution is 2.21. The number of unbranched alkanes of at least 4 members (excludes halogenated alkanes) is 1. The predicted octanol–water partition coefficient (Wildman–Crippen LogP) is 3.98. The number of sulfonamides is 1. The van der Waals surface area contributed by atoms with Crippen LogP contribution in [0.25, 0.3) is 0 Å². The summed E-state index contributed by atoms with van der Waals surface area (Å²) in [6, 6.07) is 11.1. The number of anilines is 1. The minimum Gasteiger partial charge on any atom is -0.322 e. The number of carbonyl (C=O) groups is 1. The first-order valence-electron chi connectivity index (χ1n) is 8.00. The van der Waals surface area contributed by atoms with Crippen LogP contribution in [0.15, 0.2) is 47.4 Å². The number of hydrogen-bond donors (Lipinski definition) is 2. The summed E-state index contributed by atoms with van der Waals surface area (Å²) in [6.45, 7) is 4.21. The molecule has 2 N–H and O–H groups in total. The molecule has 0 radical (unpaired) electrons. The molecule has 0 fully saturated rings. The maximum Gasteiger partial charge on any atom is 0.255 e. The molecule has 1 amide bonds. The molecule has 2 rings (SSSR count). The van der Waals surface area contributed by atoms with Gasteiger partial charge in [0.15, 0.2) is 0 Å². The van der Waals surface area contributed by atoms with Gasteiger partial charge < -0.3 is 5.32 Å². The molecule has 25 heavy (non-hydrogen) atoms. The van der Waals surface area contributed by atoms with E-state index in [0.29, 0.717) is 17.3 Å². The van der Waals surface area contributed by atoms with Crippen LogP contribution in [0.5, 0.6) is 0 Å². The Morgan fingerprint density at radius 3 is 2.64 bits per heavy atom. The van der Waals surface area contributed by atoms with Crippen LogP contribution in [0.1, 0.15) is 35.7 Å². The van der Waals surface area contributed by atoms with E-state index in [1.165, 1.54) is 12.1 Å². The van der Waals surface area contributed by atoms with Crippen molar-refractivity contribution in [2.75, 3.05) is 11.9 Å². The lowest BCUT2D eigenvalue weighted by molar-refractivity contribution is 0.102. The molecular formula is C18H21ClN2O3S. The van der Waals surface area contributed by atoms with Crippen molar-refractivity contribution in [3.8, 4) is 0 Å². The number of rotatable bonds is 7. The van der Waals surface area contributed by atoms with E-state index in [9.17, 15) is 13.2 Å². The van der Waals surface area contributed by atoms with Crippen LogP contribution in [0.4, 0.5) is 5.69 Å². The molecule has 0 saturated heterocycles. The molecule has 0 atom stereocenters. The third-order valence-corrected chi connectivity index (χ3v) is 5.37. The van der Waals surface area contributed by atoms with Gasteiger partial charge in [-0.25, -0.2) is 13.1 Å². The Bertz CT molecular complexity index is 866. The Hall–Kier alpha value is -1.89. The second kappa shape index (κ2) is 8.47. The number of carbonyl (C=O) groups excluding carboxylic acids is 1. The second-order valence-electron chi connectivity index (χ2n) is 5.69. The van der Waals surface area contributed by atoms with E-state index < -0.39 is 15.9 Å². The van der Waals surface area contributed by atoms with Gasteiger partial charge in [-0.05, 0) is 49.2 Å². The maximum absolute atomic E-state index is 12.4. The Balaban J connectivity index is 2.20. The number of halogens is 1. The lowest BCUT2D eigenvalue weighted by Gasteiger charge is -2.10. The highest BCUT2D eigenvalue weighted by Gasteiger charge is 2.16. The summed E-state index contributed by atoms with van der Waals surface area (Å²) in [5.74, 6) is -0.393. The summed E-state index contributed by atoms with van der Waals surface area (Å²) in [7, 11) is -3.63. The number of aryl methyl sites for hydroxylation is 1. The zero-order valence-corrected chi connectivity index (χ0v) is 15.7. The topological polar surface area (TPSA) is 75.3 Å². The van der Waals surface area contributed by atoms with Crippen LogP contribution in [0.2, 0.25) is 5.02 Å². The van der Waals surface area contributed by atoms with Crippen LogP contribution < -0.4 is 10.0 Å². The van der Waals surface area contributed by atoms with Gasteiger partial charge in [0.05, 0.1) is 4.90 Å². The zero-order valence-electron chi connectivity index (χ0n) is 14.2. The standard InChI is InChI=1S/C18H21ClN2O3S/c1-3-4-10-20-25(23,24)16-7-5-6-14(11-16)18(22)21-17-12-15(19)9-8-13(17)2/h5-9,11-12,20H,3-4,10H2,1-2H3,(H,21,22). The predicted molar refractivity (Wildman–Crippen MR) is 101 cm³/mol. The van der Waals surface area contributed by atoms with Crippen molar-refractivity contribution >= 4 is 33.2 Å². The van der Waals surface area contributed by atoms with Gasteiger partial charge in [0.25, 0.3) is 5.91 Å². The van der Waals surface area contributed by atoms with Gasteiger partial charge in [0.1, 0.15) is 0 Å². The molecular weight excluding hydrogens is 360 g/mol. The average molecular weight is 381 g/mol. The van der Waals surface area contributed by atoms with Gasteiger partial charge in [-0.2, -0.15) is 0 Å². The highest BCUT2D eigenvalue weighted by atomic mass is 35.5. The van der Waals surface area contributed by atoms with Crippen molar-refractivity contribution in [3.63, 3.8) is 0 Å². The SMILES string of the molecule is CCCCNS(=O)(=O)c1cccc(C(=O)Nc2cc(Cl)ccc2C)c1. The lowest BCUT2D eigenvalue weighted by Crippen LogP contribution is -2.25. The Kier molecular flexibility index (Phi) is 6.58. The van der Waals surface area contributed by atoms with E-state index in [1.54, 1.807) is 30.3 Å². The zero-order chi connectivity index (χ0) is 18.4. The Morgan fingerprint density at radius 1 is 1.16 bits per heavy atom. The minimum absolute atomic E-state index is 0.0686. The Labute approximate surface area is 153 Å². The normalized spacial score (nSPS) is 11.3. The first-order chi connectivity index (χ1) is 11.8. The number of nitrogens with one attached hydrogen (secondary N) is 2. The molecule has 0 aliphatic heterocycles. The largest absolute Gasteiger partial charge is 0.322 e. The monoisotopic (exact) mass is 380 g/mol. The van der Waals surface area contributed by atoms with Crippen LogP contribution in [-0.4, -0.2) is 20.9 Å². The molecule has 0 aliphatic carbocycles. The quantitative estimate of drug-likeness (QED) is 0.713. The second-order valence-corrected chi connectivity index (χ2v) is 7.90. The molecule has 5 nitrogen and oxygen atoms in total. The van der Waals surface area contributed by atoms with Crippen LogP contribution >= 0.6 is 11.6 Å². The van der Waals surface area contributed by atoms with Crippen LogP contribution in [0.3, 0.4) is 0 Å². The van der Waals surface area contributed by atoms with E-state index in [2.05, 4.69) is 10.0 Å². The summed E-state index contributed by atoms with van der Waals surface area (Å²) in [6.07, 6.45) is 1.65. The van der Waals surface area contributed by atoms with Crippen molar-refractivity contribution in [3.05, 3.63) is 58.6 Å². The van der Waals surface area contributed by atoms with Crippen molar-refractivity contribution in [1.82, 2.24) is 4.72 Å². The summed E-state index contributed by atoms with van der Waals surface area (Å²) in [5, 5.41) is 3.27. The van der Waals surface area contributed by atoms with Crippen molar-refractivity contribution < 1.29 is 13.2 Å². The van der Waals surface area contributed by atoms with Crippen LogP contribution in [0, 0.1) is 6.92 Å². The first-order valence-corrected chi connectivity index (χ1v) is 9.87. The minimum atomic E-state index is -3.63. The molecule has 0 bridgehead atoms. The lowest BCUT2D eigenvalue weighted by atomic mass is 10.1. The van der Waals surface area contributed by atoms with E-state index in [0.717, 1.165) is 18.4 Å². The van der Waals surface area contributed by atoms with E-state index in [1.807, 2.05) is 13.8 Å². The fraction of sp³-hybridized carbons (Fsp3) is 0.278. The van der Waals surface area contributed by atoms with E-state index >= 15 is 0 Å². The van der Waals surface area contributed by atoms with Gasteiger partial charge in [0, 0.05) is 22.8 Å². The number of hydrogen-bond acceptors (Lipinski definition) is 3. The molecule has 0 aliphatic rings. The van der Waals surface area contributed by atoms with Gasteiger partial charge >= 0.3 is 0 Å². The molecule has 134 valence electrons. The van der Waals surface area contributed by atoms with Crippen molar-refractivity contribution in [1.29, 1.82) is 0 Å². The first kappa shape index (κ1) is 19.4. The van der Waals surface area contributed by atoms with Gasteiger partial charge in [-0.15, -0.1) is 0 Å². The number of benzene rings is 2. The van der Waals surface area contributed by atoms with E-state index in [4.69, 9.17) is 11.6 Å². The average Bonchev–Trinajstić information content (AvgIpc) is 2.58. The van der Waals surface area contributed by atoms with Crippen molar-refractivity contribution in [2.24, 2.45) is 0 Å². The molecule has 0 saturated carbocycles. The van der Waals surface area contributed by atoms with E-state index in [-0.39, 0.29) is 10.5 Å². The fourth-order valence-electron chi connectivity index (χ4n) is 2.19. The molecule has 7 heteroatoms. The third kappa shape index (κ3) is 5.29. The summed E-state index contributed by atoms with van der Waals surface area (Å²) in [5.41, 5.74) is 1.72. The van der Waals surface area contributed by atoms with Crippen LogP contribution in [-0.2, 0) is 10.0 Å². The summed E-state index contributed by atoms with van der Waals surface area (Å²) in [4.78, 5) is 12.5. The molecule has 0 aromatic heterocycles. The molecule has 2 aromatic rings. The Morgan fingerprint density at radius 2 is 1.92 bits per heavy atom. The number of amides is 1. The smallest absolute Gasteiger partial charge is 0.255 e. The fourth-order valence-corrected chi connectivity index (χ4v) is 3.49. The van der Waals surface area contributed by atoms with Gasteiger partial charge in [-0.3, -0.25) is 4.79 Å². The molecule has 0 unspecified atom stereocenters. The third-order valence-electron chi connectivity index (χ3n) is 3.68. The highest BCUT2D eigenvalue weighted by molar-refractivity contribution is 7.89. The molecule has 2 aromatic carbocycles. The van der Waals surface area contributed by atoms with Gasteiger partial charge in [-0.1, -0.05) is 37.1 Å². The summed E-state index contributed by atoms with van der Waals surface area (Å²) < 4.78 is 27.1. The maximum atomic E-state index is 12.4. The van der Waals surface area contributed by atoms with Gasteiger partial charge in [0.2, 0.25) is 10.0 Å². The molecule has 0 spiro atoms. The molecule has 0 heterocycles. The van der Waals surface area contributed by atoms with Crippen molar-refractivity contribution in [2.45, 2.75) is 31.6 Å². The summed E-state index contributed by atoms with van der Waals surface area (Å²) >= 11 is 5.95.